The molecular formula is C11H17N3O4S. The number of amides is 1. The quantitative estimate of drug-likeness (QED) is 0.813. The first-order valence-corrected chi connectivity index (χ1v) is 7.34. The minimum Gasteiger partial charge on any atom is -0.376 e. The predicted molar refractivity (Wildman–Crippen MR) is 68.1 cm³/mol. The first-order valence-electron chi connectivity index (χ1n) is 5.90. The Morgan fingerprint density at radius 2 is 2.21 bits per heavy atom. The number of sulfonamides is 1. The van der Waals surface area contributed by atoms with Gasteiger partial charge in [0.05, 0.1) is 12.7 Å². The molecule has 1 unspecified atom stereocenters. The van der Waals surface area contributed by atoms with E-state index in [0.29, 0.717) is 19.7 Å². The molecular weight excluding hydrogens is 270 g/mol. The predicted octanol–water partition coefficient (Wildman–Crippen LogP) is -0.467. The second-order valence-electron chi connectivity index (χ2n) is 4.58. The van der Waals surface area contributed by atoms with Crippen molar-refractivity contribution in [3.8, 4) is 0 Å². The summed E-state index contributed by atoms with van der Waals surface area (Å²) in [5.41, 5.74) is 5.35. The van der Waals surface area contributed by atoms with E-state index in [1.165, 1.54) is 21.1 Å². The van der Waals surface area contributed by atoms with Crippen molar-refractivity contribution in [3.05, 3.63) is 18.0 Å². The van der Waals surface area contributed by atoms with Gasteiger partial charge >= 0.3 is 0 Å². The second-order valence-corrected chi connectivity index (χ2v) is 6.52. The molecule has 1 amide bonds. The summed E-state index contributed by atoms with van der Waals surface area (Å²) in [6, 6.07) is 1.30. The Balaban J connectivity index is 2.34. The highest BCUT2D eigenvalue weighted by Crippen LogP contribution is 2.20. The molecule has 2 N–H and O–H groups in total. The number of carbonyl (C=O) groups excluding carboxylic acids is 1. The maximum atomic E-state index is 12.4. The number of ether oxygens (including phenoxy) is 1. The highest BCUT2D eigenvalue weighted by atomic mass is 32.2. The Bertz CT molecular complexity index is 593. The van der Waals surface area contributed by atoms with Crippen molar-refractivity contribution in [3.63, 3.8) is 0 Å². The molecule has 0 aliphatic carbocycles. The molecule has 2 heterocycles. The van der Waals surface area contributed by atoms with Gasteiger partial charge in [-0.2, -0.15) is 4.31 Å². The van der Waals surface area contributed by atoms with Gasteiger partial charge < -0.3 is 15.0 Å². The molecule has 8 heteroatoms. The number of rotatable bonds is 3. The summed E-state index contributed by atoms with van der Waals surface area (Å²) in [7, 11) is -2.02. The number of carbonyl (C=O) groups is 1. The Hall–Kier alpha value is -1.38. The van der Waals surface area contributed by atoms with Crippen LogP contribution in [0.2, 0.25) is 0 Å². The molecule has 0 aromatic carbocycles. The third-order valence-corrected chi connectivity index (χ3v) is 4.90. The van der Waals surface area contributed by atoms with Crippen LogP contribution in [0.1, 0.15) is 17.4 Å². The maximum absolute atomic E-state index is 12.4. The van der Waals surface area contributed by atoms with Gasteiger partial charge in [0.25, 0.3) is 5.91 Å². The monoisotopic (exact) mass is 287 g/mol. The number of nitrogens with zero attached hydrogens (tertiary/aromatic N) is 2. The Morgan fingerprint density at radius 1 is 1.53 bits per heavy atom. The molecule has 7 nitrogen and oxygen atoms in total. The molecule has 1 aliphatic heterocycles. The van der Waals surface area contributed by atoms with Gasteiger partial charge in [-0.15, -0.1) is 0 Å². The second kappa shape index (κ2) is 4.95. The van der Waals surface area contributed by atoms with E-state index in [0.717, 1.165) is 0 Å². The summed E-state index contributed by atoms with van der Waals surface area (Å²) in [5, 5.41) is 0. The molecule has 0 bridgehead atoms. The lowest BCUT2D eigenvalue weighted by molar-refractivity contribution is 0.0102. The smallest absolute Gasteiger partial charge is 0.265 e. The zero-order valence-electron chi connectivity index (χ0n) is 10.9. The number of primary amides is 1. The summed E-state index contributed by atoms with van der Waals surface area (Å²) in [5.74, 6) is -0.653. The van der Waals surface area contributed by atoms with Crippen molar-refractivity contribution in [2.24, 2.45) is 12.8 Å². The normalized spacial score (nSPS) is 21.5. The summed E-state index contributed by atoms with van der Waals surface area (Å²) in [4.78, 5) is 11.2. The van der Waals surface area contributed by atoms with Crippen LogP contribution in [-0.4, -0.2) is 49.0 Å². The first-order chi connectivity index (χ1) is 8.82. The molecule has 0 saturated carbocycles. The number of morpholine rings is 1. The van der Waals surface area contributed by atoms with E-state index in [1.807, 2.05) is 6.92 Å². The SMILES string of the molecule is CC1CN(S(=O)(=O)c2cc(C(N)=O)n(C)c2)CCO1. The lowest BCUT2D eigenvalue weighted by Crippen LogP contribution is -2.44. The fourth-order valence-electron chi connectivity index (χ4n) is 2.07. The van der Waals surface area contributed by atoms with Gasteiger partial charge in [-0.05, 0) is 13.0 Å². The maximum Gasteiger partial charge on any atom is 0.265 e. The van der Waals surface area contributed by atoms with Crippen molar-refractivity contribution in [1.29, 1.82) is 0 Å². The van der Waals surface area contributed by atoms with Gasteiger partial charge in [0.1, 0.15) is 10.6 Å². The minimum absolute atomic E-state index is 0.0814. The highest BCUT2D eigenvalue weighted by Gasteiger charge is 2.30. The fraction of sp³-hybridized carbons (Fsp3) is 0.545. The van der Waals surface area contributed by atoms with E-state index in [4.69, 9.17) is 10.5 Å². The molecule has 1 aliphatic rings. The topological polar surface area (TPSA) is 94.6 Å². The number of aryl methyl sites for hydroxylation is 1. The van der Waals surface area contributed by atoms with Gasteiger partial charge in [0.2, 0.25) is 10.0 Å². The zero-order valence-corrected chi connectivity index (χ0v) is 11.7. The Labute approximate surface area is 112 Å². The van der Waals surface area contributed by atoms with E-state index in [9.17, 15) is 13.2 Å². The van der Waals surface area contributed by atoms with Crippen molar-refractivity contribution in [2.45, 2.75) is 17.9 Å². The average Bonchev–Trinajstić information content (AvgIpc) is 2.72. The van der Waals surface area contributed by atoms with E-state index < -0.39 is 15.9 Å². The third kappa shape index (κ3) is 2.65. The molecule has 1 aromatic rings. The van der Waals surface area contributed by atoms with Crippen LogP contribution >= 0.6 is 0 Å². The van der Waals surface area contributed by atoms with E-state index in [1.54, 1.807) is 7.05 Å². The summed E-state index contributed by atoms with van der Waals surface area (Å²) >= 11 is 0. The molecule has 1 saturated heterocycles. The van der Waals surface area contributed by atoms with Crippen LogP contribution < -0.4 is 5.73 Å². The number of nitrogens with two attached hydrogens (primary N) is 1. The van der Waals surface area contributed by atoms with Gasteiger partial charge in [0.15, 0.2) is 0 Å². The molecule has 0 radical (unpaired) electrons. The molecule has 1 aromatic heterocycles. The molecule has 19 heavy (non-hydrogen) atoms. The average molecular weight is 287 g/mol. The largest absolute Gasteiger partial charge is 0.376 e. The van der Waals surface area contributed by atoms with Crippen molar-refractivity contribution < 1.29 is 17.9 Å². The Morgan fingerprint density at radius 3 is 2.74 bits per heavy atom. The standard InChI is InChI=1S/C11H17N3O4S/c1-8-6-14(3-4-18-8)19(16,17)9-5-10(11(12)15)13(2)7-9/h5,7-8H,3-4,6H2,1-2H3,(H2,12,15). The molecule has 2 rings (SSSR count). The lowest BCUT2D eigenvalue weighted by atomic mass is 10.3. The molecule has 1 fully saturated rings. The van der Waals surface area contributed by atoms with E-state index in [-0.39, 0.29) is 16.7 Å². The van der Waals surface area contributed by atoms with Gasteiger partial charge in [-0.1, -0.05) is 0 Å². The van der Waals surface area contributed by atoms with Crippen LogP contribution in [0.15, 0.2) is 17.2 Å². The lowest BCUT2D eigenvalue weighted by Gasteiger charge is -2.29. The number of hydrogen-bond acceptors (Lipinski definition) is 4. The fourth-order valence-corrected chi connectivity index (χ4v) is 3.65. The molecule has 1 atom stereocenters. The van der Waals surface area contributed by atoms with Gasteiger partial charge in [0, 0.05) is 26.3 Å². The van der Waals surface area contributed by atoms with Crippen molar-refractivity contribution in [1.82, 2.24) is 8.87 Å². The van der Waals surface area contributed by atoms with Crippen LogP contribution in [-0.2, 0) is 21.8 Å². The third-order valence-electron chi connectivity index (χ3n) is 3.07. The van der Waals surface area contributed by atoms with Gasteiger partial charge in [-0.25, -0.2) is 8.42 Å². The van der Waals surface area contributed by atoms with Crippen molar-refractivity contribution >= 4 is 15.9 Å². The summed E-state index contributed by atoms with van der Waals surface area (Å²) in [6.07, 6.45) is 1.26. The minimum atomic E-state index is -3.61. The van der Waals surface area contributed by atoms with Gasteiger partial charge in [-0.3, -0.25) is 4.79 Å². The van der Waals surface area contributed by atoms with E-state index in [2.05, 4.69) is 0 Å². The molecule has 0 spiro atoms. The first kappa shape index (κ1) is 14.0. The van der Waals surface area contributed by atoms with Crippen LogP contribution in [0.4, 0.5) is 0 Å². The zero-order chi connectivity index (χ0) is 14.2. The van der Waals surface area contributed by atoms with Crippen LogP contribution in [0, 0.1) is 0 Å². The van der Waals surface area contributed by atoms with Crippen LogP contribution in [0.5, 0.6) is 0 Å². The van der Waals surface area contributed by atoms with Crippen molar-refractivity contribution in [2.75, 3.05) is 19.7 Å². The molecule has 106 valence electrons. The van der Waals surface area contributed by atoms with E-state index >= 15 is 0 Å². The Kier molecular flexibility index (Phi) is 3.66. The summed E-state index contributed by atoms with van der Waals surface area (Å²) in [6.45, 7) is 2.81. The number of aromatic nitrogens is 1. The number of hydrogen-bond donors (Lipinski definition) is 1. The highest BCUT2D eigenvalue weighted by molar-refractivity contribution is 7.89. The summed E-state index contributed by atoms with van der Waals surface area (Å²) < 4.78 is 33.0. The van der Waals surface area contributed by atoms with Crippen LogP contribution in [0.25, 0.3) is 0 Å². The van der Waals surface area contributed by atoms with Crippen LogP contribution in [0.3, 0.4) is 0 Å².